The van der Waals surface area contributed by atoms with Crippen LogP contribution >= 0.6 is 0 Å². The Kier molecular flexibility index (Phi) is 9.54. The molecular weight excluding hydrogens is 897 g/mol. The van der Waals surface area contributed by atoms with Gasteiger partial charge in [0.1, 0.15) is 0 Å². The van der Waals surface area contributed by atoms with Crippen LogP contribution in [0.15, 0.2) is 279 Å². The Morgan fingerprint density at radius 2 is 0.514 bits per heavy atom. The molecule has 0 bridgehead atoms. The molecule has 15 aromatic rings. The Morgan fingerprint density at radius 3 is 0.892 bits per heavy atom. The van der Waals surface area contributed by atoms with Crippen molar-refractivity contribution in [3.8, 4) is 33.6 Å². The second kappa shape index (κ2) is 16.9. The van der Waals surface area contributed by atoms with E-state index in [0.29, 0.717) is 0 Å². The number of benzene rings is 13. The summed E-state index contributed by atoms with van der Waals surface area (Å²) in [6.07, 6.45) is 0. The third-order valence-corrected chi connectivity index (χ3v) is 15.1. The Bertz CT molecular complexity index is 4190. The zero-order valence-electron chi connectivity index (χ0n) is 40.3. The number of hydrogen-bond acceptors (Lipinski definition) is 2. The summed E-state index contributed by atoms with van der Waals surface area (Å²) in [4.78, 5) is 4.76. The largest absolute Gasteiger partial charge is 0.310 e. The van der Waals surface area contributed by atoms with E-state index in [1.807, 2.05) is 0 Å². The quantitative estimate of drug-likeness (QED) is 0.127. The van der Waals surface area contributed by atoms with Gasteiger partial charge in [-0.05, 0) is 153 Å². The van der Waals surface area contributed by atoms with Crippen molar-refractivity contribution in [3.63, 3.8) is 0 Å². The third-order valence-electron chi connectivity index (χ3n) is 15.1. The molecule has 2 aromatic heterocycles. The first-order valence-corrected chi connectivity index (χ1v) is 25.4. The summed E-state index contributed by atoms with van der Waals surface area (Å²) >= 11 is 0. The van der Waals surface area contributed by atoms with Gasteiger partial charge in [0.2, 0.25) is 0 Å². The van der Waals surface area contributed by atoms with Gasteiger partial charge in [-0.1, -0.05) is 170 Å². The molecule has 0 saturated carbocycles. The van der Waals surface area contributed by atoms with E-state index in [-0.39, 0.29) is 0 Å². The van der Waals surface area contributed by atoms with E-state index in [1.54, 1.807) is 0 Å². The SMILES string of the molecule is c1ccc(N(c2ccc(-c3ccc(-c4ccc(N(c5ccccc5)c5cc6ccc7cccc8c7c6c(c5)n8-c5ccccc5)cc4)cc3)cc2)c2cc3ccc4cccc5c4c3c(c2)n5-c2ccccc2)cc1. The zero-order valence-corrected chi connectivity index (χ0v) is 40.3. The number of hydrogen-bond donors (Lipinski definition) is 0. The Labute approximate surface area is 428 Å². The Balaban J connectivity index is 0.760. The maximum atomic E-state index is 2.42. The molecule has 0 N–H and O–H groups in total. The number of nitrogens with zero attached hydrogens (tertiary/aromatic N) is 4. The van der Waals surface area contributed by atoms with Crippen LogP contribution in [0.2, 0.25) is 0 Å². The van der Waals surface area contributed by atoms with E-state index in [2.05, 4.69) is 298 Å². The van der Waals surface area contributed by atoms with Crippen molar-refractivity contribution in [2.24, 2.45) is 0 Å². The topological polar surface area (TPSA) is 16.3 Å². The van der Waals surface area contributed by atoms with Crippen LogP contribution in [0, 0.1) is 0 Å². The first kappa shape index (κ1) is 41.8. The van der Waals surface area contributed by atoms with E-state index in [9.17, 15) is 0 Å². The van der Waals surface area contributed by atoms with Gasteiger partial charge in [0.15, 0.2) is 0 Å². The van der Waals surface area contributed by atoms with Gasteiger partial charge in [-0.15, -0.1) is 0 Å². The molecule has 2 heterocycles. The minimum atomic E-state index is 1.10. The molecule has 0 spiro atoms. The van der Waals surface area contributed by atoms with Crippen molar-refractivity contribution in [1.82, 2.24) is 9.13 Å². The summed E-state index contributed by atoms with van der Waals surface area (Å²) in [5, 5.41) is 10.2. The highest BCUT2D eigenvalue weighted by Crippen LogP contribution is 2.46. The summed E-state index contributed by atoms with van der Waals surface area (Å²) < 4.78 is 4.85. The molecular formula is C70H46N4. The van der Waals surface area contributed by atoms with Crippen LogP contribution in [0.5, 0.6) is 0 Å². The second-order valence-corrected chi connectivity index (χ2v) is 19.4. The molecule has 0 radical (unpaired) electrons. The molecule has 4 nitrogen and oxygen atoms in total. The molecule has 0 fully saturated rings. The van der Waals surface area contributed by atoms with Crippen molar-refractivity contribution in [3.05, 3.63) is 279 Å². The fraction of sp³-hybridized carbons (Fsp3) is 0. The van der Waals surface area contributed by atoms with Crippen LogP contribution in [0.4, 0.5) is 34.1 Å². The van der Waals surface area contributed by atoms with Crippen LogP contribution in [0.3, 0.4) is 0 Å². The zero-order chi connectivity index (χ0) is 48.7. The molecule has 0 atom stereocenters. The molecule has 0 saturated heterocycles. The number of anilines is 6. The van der Waals surface area contributed by atoms with Crippen LogP contribution in [-0.4, -0.2) is 9.13 Å². The van der Waals surface area contributed by atoms with E-state index < -0.39 is 0 Å². The van der Waals surface area contributed by atoms with Gasteiger partial charge in [-0.2, -0.15) is 0 Å². The second-order valence-electron chi connectivity index (χ2n) is 19.4. The van der Waals surface area contributed by atoms with Crippen LogP contribution in [0.1, 0.15) is 0 Å². The molecule has 0 unspecified atom stereocenters. The van der Waals surface area contributed by atoms with Gasteiger partial charge in [0.05, 0.1) is 22.1 Å². The third kappa shape index (κ3) is 6.69. The summed E-state index contributed by atoms with van der Waals surface area (Å²) in [5.41, 5.74) is 18.5. The highest BCUT2D eigenvalue weighted by atomic mass is 15.2. The summed E-state index contributed by atoms with van der Waals surface area (Å²) in [6.45, 7) is 0. The first-order chi connectivity index (χ1) is 36.7. The van der Waals surface area contributed by atoms with E-state index in [0.717, 1.165) is 45.5 Å². The predicted molar refractivity (Wildman–Crippen MR) is 313 cm³/mol. The molecule has 4 heteroatoms. The maximum Gasteiger partial charge on any atom is 0.0568 e. The lowest BCUT2D eigenvalue weighted by Crippen LogP contribution is -2.10. The van der Waals surface area contributed by atoms with Crippen molar-refractivity contribution >= 4 is 99.3 Å². The van der Waals surface area contributed by atoms with E-state index in [1.165, 1.54) is 87.4 Å². The van der Waals surface area contributed by atoms with Crippen molar-refractivity contribution in [2.45, 2.75) is 0 Å². The van der Waals surface area contributed by atoms with Gasteiger partial charge in [0.25, 0.3) is 0 Å². The van der Waals surface area contributed by atoms with Gasteiger partial charge >= 0.3 is 0 Å². The van der Waals surface area contributed by atoms with Gasteiger partial charge in [-0.3, -0.25) is 0 Å². The first-order valence-electron chi connectivity index (χ1n) is 25.4. The highest BCUT2D eigenvalue weighted by Gasteiger charge is 2.23. The van der Waals surface area contributed by atoms with Crippen molar-refractivity contribution < 1.29 is 0 Å². The predicted octanol–water partition coefficient (Wildman–Crippen LogP) is 19.3. The minimum absolute atomic E-state index is 1.10. The minimum Gasteiger partial charge on any atom is -0.310 e. The Hall–Kier alpha value is -9.90. The molecule has 15 rings (SSSR count). The standard InChI is InChI=1S/C70H46N4/c1-5-17-55(18-6-1)71(61-43-53-33-31-51-15-13-25-63-67(51)69(53)65(45-61)73(63)57-21-9-3-10-22-57)59-39-35-49(36-40-59)47-27-29-48(30-28-47)50-37-41-60(42-38-50)72(56-19-7-2-8-20-56)62-44-54-34-32-52-16-14-26-64-68(52)70(54)66(46-62)74(64)58-23-11-4-12-24-58/h1-46H. The fourth-order valence-corrected chi connectivity index (χ4v) is 11.8. The fourth-order valence-electron chi connectivity index (χ4n) is 11.8. The van der Waals surface area contributed by atoms with Crippen LogP contribution in [0.25, 0.3) is 98.8 Å². The number of rotatable bonds is 10. The van der Waals surface area contributed by atoms with Crippen LogP contribution < -0.4 is 9.80 Å². The van der Waals surface area contributed by atoms with E-state index in [4.69, 9.17) is 0 Å². The smallest absolute Gasteiger partial charge is 0.0568 e. The molecule has 0 aliphatic carbocycles. The van der Waals surface area contributed by atoms with Gasteiger partial charge in [-0.25, -0.2) is 0 Å². The normalized spacial score (nSPS) is 11.8. The molecule has 0 aliphatic rings. The molecule has 74 heavy (non-hydrogen) atoms. The lowest BCUT2D eigenvalue weighted by molar-refractivity contribution is 1.18. The molecule has 346 valence electrons. The lowest BCUT2D eigenvalue weighted by atomic mass is 9.99. The summed E-state index contributed by atoms with van der Waals surface area (Å²) in [5.74, 6) is 0. The number of aromatic nitrogens is 2. The monoisotopic (exact) mass is 942 g/mol. The van der Waals surface area contributed by atoms with Gasteiger partial charge in [0, 0.05) is 67.0 Å². The number of para-hydroxylation sites is 4. The average molecular weight is 943 g/mol. The maximum absolute atomic E-state index is 2.42. The van der Waals surface area contributed by atoms with E-state index >= 15 is 0 Å². The summed E-state index contributed by atoms with van der Waals surface area (Å²) in [6, 6.07) is 102. The molecule has 0 amide bonds. The lowest BCUT2D eigenvalue weighted by Gasteiger charge is -2.26. The summed E-state index contributed by atoms with van der Waals surface area (Å²) in [7, 11) is 0. The van der Waals surface area contributed by atoms with Crippen molar-refractivity contribution in [1.29, 1.82) is 0 Å². The van der Waals surface area contributed by atoms with Gasteiger partial charge < -0.3 is 18.9 Å². The molecule has 13 aromatic carbocycles. The van der Waals surface area contributed by atoms with Crippen molar-refractivity contribution in [2.75, 3.05) is 9.80 Å². The Morgan fingerprint density at radius 1 is 0.203 bits per heavy atom. The molecule has 0 aliphatic heterocycles. The highest BCUT2D eigenvalue weighted by molar-refractivity contribution is 6.26. The van der Waals surface area contributed by atoms with Crippen LogP contribution in [-0.2, 0) is 0 Å². The average Bonchev–Trinajstić information content (AvgIpc) is 4.00.